The lowest BCUT2D eigenvalue weighted by molar-refractivity contribution is -0.145. The SMILES string of the molecule is COC(=O)C(Cc1c(C=C(C)C)[nH]c2ccccc12)N1C(=O)c2ccccc2C1=O. The number of amides is 2. The summed E-state index contributed by atoms with van der Waals surface area (Å²) in [6, 6.07) is 13.3. The number of imide groups is 1. The fraction of sp³-hybridized carbons (Fsp3) is 0.208. The van der Waals surface area contributed by atoms with Crippen molar-refractivity contribution >= 4 is 34.8 Å². The lowest BCUT2D eigenvalue weighted by Gasteiger charge is -2.24. The molecule has 1 aromatic heterocycles. The van der Waals surface area contributed by atoms with Crippen LogP contribution >= 0.6 is 0 Å². The Morgan fingerprint density at radius 1 is 1.03 bits per heavy atom. The molecular formula is C24H22N2O4. The van der Waals surface area contributed by atoms with Gasteiger partial charge in [-0.15, -0.1) is 0 Å². The highest BCUT2D eigenvalue weighted by Crippen LogP contribution is 2.30. The van der Waals surface area contributed by atoms with E-state index in [2.05, 4.69) is 4.98 Å². The molecular weight excluding hydrogens is 380 g/mol. The summed E-state index contributed by atoms with van der Waals surface area (Å²) in [4.78, 5) is 43.1. The van der Waals surface area contributed by atoms with Crippen LogP contribution in [0.3, 0.4) is 0 Å². The molecule has 0 saturated heterocycles. The molecule has 1 aliphatic heterocycles. The number of fused-ring (bicyclic) bond motifs is 2. The molecule has 4 rings (SSSR count). The largest absolute Gasteiger partial charge is 0.467 e. The number of ether oxygens (including phenoxy) is 1. The van der Waals surface area contributed by atoms with Gasteiger partial charge in [-0.05, 0) is 43.7 Å². The highest BCUT2D eigenvalue weighted by molar-refractivity contribution is 6.22. The zero-order valence-electron chi connectivity index (χ0n) is 17.1. The zero-order valence-corrected chi connectivity index (χ0v) is 17.1. The molecule has 0 aliphatic carbocycles. The number of methoxy groups -OCH3 is 1. The number of aromatic nitrogens is 1. The number of carbonyl (C=O) groups excluding carboxylic acids is 3. The Morgan fingerprint density at radius 2 is 1.63 bits per heavy atom. The molecule has 2 amide bonds. The maximum atomic E-state index is 13.0. The van der Waals surface area contributed by atoms with Crippen molar-refractivity contribution in [2.24, 2.45) is 0 Å². The smallest absolute Gasteiger partial charge is 0.329 e. The lowest BCUT2D eigenvalue weighted by Crippen LogP contribution is -2.46. The second-order valence-electron chi connectivity index (χ2n) is 7.55. The van der Waals surface area contributed by atoms with Gasteiger partial charge in [0.1, 0.15) is 6.04 Å². The van der Waals surface area contributed by atoms with Gasteiger partial charge < -0.3 is 9.72 Å². The van der Waals surface area contributed by atoms with Crippen LogP contribution in [0.15, 0.2) is 54.1 Å². The van der Waals surface area contributed by atoms with Gasteiger partial charge in [-0.3, -0.25) is 14.5 Å². The summed E-state index contributed by atoms with van der Waals surface area (Å²) in [5, 5.41) is 0.940. The summed E-state index contributed by atoms with van der Waals surface area (Å²) in [6.45, 7) is 3.97. The third kappa shape index (κ3) is 3.20. The summed E-state index contributed by atoms with van der Waals surface area (Å²) in [6.07, 6.45) is 2.15. The minimum Gasteiger partial charge on any atom is -0.467 e. The van der Waals surface area contributed by atoms with Gasteiger partial charge in [0, 0.05) is 23.0 Å². The number of allylic oxidation sites excluding steroid dienone is 1. The summed E-state index contributed by atoms with van der Waals surface area (Å²) >= 11 is 0. The van der Waals surface area contributed by atoms with E-state index >= 15 is 0 Å². The second-order valence-corrected chi connectivity index (χ2v) is 7.55. The Labute approximate surface area is 174 Å². The fourth-order valence-electron chi connectivity index (χ4n) is 3.95. The number of nitrogens with zero attached hydrogens (tertiary/aromatic N) is 1. The highest BCUT2D eigenvalue weighted by atomic mass is 16.5. The third-order valence-electron chi connectivity index (χ3n) is 5.29. The molecule has 0 radical (unpaired) electrons. The van der Waals surface area contributed by atoms with Crippen LogP contribution in [0.5, 0.6) is 0 Å². The van der Waals surface area contributed by atoms with E-state index in [0.29, 0.717) is 11.1 Å². The van der Waals surface area contributed by atoms with Gasteiger partial charge in [0.2, 0.25) is 0 Å². The molecule has 0 saturated carbocycles. The van der Waals surface area contributed by atoms with Crippen LogP contribution in [0.4, 0.5) is 0 Å². The molecule has 1 unspecified atom stereocenters. The van der Waals surface area contributed by atoms with E-state index in [0.717, 1.165) is 32.6 Å². The van der Waals surface area contributed by atoms with Crippen LogP contribution in [0.1, 0.15) is 45.8 Å². The van der Waals surface area contributed by atoms with E-state index in [1.807, 2.05) is 44.2 Å². The standard InChI is InChI=1S/C24H22N2O4/c1-14(2)12-20-18(15-8-6-7-11-19(15)25-20)13-21(24(29)30-3)26-22(27)16-9-4-5-10-17(16)23(26)28/h4-12,21,25H,13H2,1-3H3. The minimum absolute atomic E-state index is 0.154. The van der Waals surface area contributed by atoms with Gasteiger partial charge in [0.25, 0.3) is 11.8 Å². The molecule has 0 spiro atoms. The third-order valence-corrected chi connectivity index (χ3v) is 5.29. The predicted molar refractivity (Wildman–Crippen MR) is 114 cm³/mol. The molecule has 152 valence electrons. The zero-order chi connectivity index (χ0) is 21.4. The van der Waals surface area contributed by atoms with Gasteiger partial charge in [-0.25, -0.2) is 4.79 Å². The summed E-state index contributed by atoms with van der Waals surface area (Å²) in [5.74, 6) is -1.58. The van der Waals surface area contributed by atoms with Crippen molar-refractivity contribution in [3.05, 3.63) is 76.5 Å². The summed E-state index contributed by atoms with van der Waals surface area (Å²) in [7, 11) is 1.26. The first-order valence-corrected chi connectivity index (χ1v) is 9.71. The van der Waals surface area contributed by atoms with E-state index in [-0.39, 0.29) is 6.42 Å². The van der Waals surface area contributed by atoms with E-state index in [1.165, 1.54) is 7.11 Å². The number of esters is 1. The molecule has 3 aromatic rings. The molecule has 0 fully saturated rings. The van der Waals surface area contributed by atoms with Crippen molar-refractivity contribution in [3.63, 3.8) is 0 Å². The number of nitrogens with one attached hydrogen (secondary N) is 1. The van der Waals surface area contributed by atoms with Gasteiger partial charge in [0.15, 0.2) is 0 Å². The Kier molecular flexibility index (Phi) is 4.99. The van der Waals surface area contributed by atoms with Crippen LogP contribution in [0.25, 0.3) is 17.0 Å². The van der Waals surface area contributed by atoms with Crippen molar-refractivity contribution in [1.29, 1.82) is 0 Å². The van der Waals surface area contributed by atoms with E-state index < -0.39 is 23.8 Å². The monoisotopic (exact) mass is 402 g/mol. The molecule has 1 N–H and O–H groups in total. The number of benzene rings is 2. The van der Waals surface area contributed by atoms with Gasteiger partial charge >= 0.3 is 5.97 Å². The quantitative estimate of drug-likeness (QED) is 0.517. The molecule has 6 nitrogen and oxygen atoms in total. The molecule has 30 heavy (non-hydrogen) atoms. The number of carbonyl (C=O) groups is 3. The average Bonchev–Trinajstić information content (AvgIpc) is 3.20. The summed E-state index contributed by atoms with van der Waals surface area (Å²) in [5.41, 5.74) is 4.32. The fourth-order valence-corrected chi connectivity index (χ4v) is 3.95. The maximum Gasteiger partial charge on any atom is 0.329 e. The maximum absolute atomic E-state index is 13.0. The number of hydrogen-bond donors (Lipinski definition) is 1. The first kappa shape index (κ1) is 19.6. The Morgan fingerprint density at radius 3 is 2.23 bits per heavy atom. The normalized spacial score (nSPS) is 14.0. The molecule has 0 bridgehead atoms. The number of para-hydroxylation sites is 1. The van der Waals surface area contributed by atoms with Crippen molar-refractivity contribution in [3.8, 4) is 0 Å². The first-order valence-electron chi connectivity index (χ1n) is 9.71. The lowest BCUT2D eigenvalue weighted by atomic mass is 10.00. The number of rotatable bonds is 5. The van der Waals surface area contributed by atoms with Crippen LogP contribution < -0.4 is 0 Å². The number of hydrogen-bond acceptors (Lipinski definition) is 4. The van der Waals surface area contributed by atoms with Crippen molar-refractivity contribution in [1.82, 2.24) is 9.88 Å². The molecule has 2 heterocycles. The Bertz CT molecular complexity index is 1170. The first-order chi connectivity index (χ1) is 14.4. The Balaban J connectivity index is 1.82. The van der Waals surface area contributed by atoms with Crippen LogP contribution in [-0.2, 0) is 16.0 Å². The topological polar surface area (TPSA) is 79.5 Å². The summed E-state index contributed by atoms with van der Waals surface area (Å²) < 4.78 is 4.99. The second kappa shape index (κ2) is 7.63. The van der Waals surface area contributed by atoms with Crippen molar-refractivity contribution in [2.45, 2.75) is 26.3 Å². The van der Waals surface area contributed by atoms with Crippen molar-refractivity contribution in [2.75, 3.05) is 7.11 Å². The molecule has 1 atom stereocenters. The van der Waals surface area contributed by atoms with E-state index in [9.17, 15) is 14.4 Å². The number of aromatic amines is 1. The predicted octanol–water partition coefficient (Wildman–Crippen LogP) is 3.97. The van der Waals surface area contributed by atoms with Crippen molar-refractivity contribution < 1.29 is 19.1 Å². The van der Waals surface area contributed by atoms with Gasteiger partial charge in [0.05, 0.1) is 18.2 Å². The van der Waals surface area contributed by atoms with Crippen LogP contribution in [-0.4, -0.2) is 40.8 Å². The average molecular weight is 402 g/mol. The van der Waals surface area contributed by atoms with E-state index in [1.54, 1.807) is 24.3 Å². The molecule has 6 heteroatoms. The number of H-pyrrole nitrogens is 1. The van der Waals surface area contributed by atoms with Gasteiger partial charge in [-0.2, -0.15) is 0 Å². The van der Waals surface area contributed by atoms with Crippen LogP contribution in [0.2, 0.25) is 0 Å². The minimum atomic E-state index is -1.06. The highest BCUT2D eigenvalue weighted by Gasteiger charge is 2.43. The van der Waals surface area contributed by atoms with E-state index in [4.69, 9.17) is 4.74 Å². The van der Waals surface area contributed by atoms with Gasteiger partial charge in [-0.1, -0.05) is 35.9 Å². The van der Waals surface area contributed by atoms with Crippen LogP contribution in [0, 0.1) is 0 Å². The Hall–Kier alpha value is -3.67. The molecule has 2 aromatic carbocycles. The molecule has 1 aliphatic rings.